The summed E-state index contributed by atoms with van der Waals surface area (Å²) in [6.07, 6.45) is 1.70. The number of rotatable bonds is 8. The summed E-state index contributed by atoms with van der Waals surface area (Å²) in [6.45, 7) is 10.2. The zero-order valence-electron chi connectivity index (χ0n) is 11.2. The molecule has 0 saturated heterocycles. The Hall–Kier alpha value is -1.10. The van der Waals surface area contributed by atoms with Crippen LogP contribution in [-0.4, -0.2) is 49.4 Å². The Labute approximate surface area is 104 Å². The maximum absolute atomic E-state index is 11.3. The highest BCUT2D eigenvalue weighted by Gasteiger charge is 2.11. The monoisotopic (exact) mass is 243 g/mol. The fraction of sp³-hybridized carbons (Fsp3) is 0.833. The predicted molar refractivity (Wildman–Crippen MR) is 68.7 cm³/mol. The number of hydrogen-bond donors (Lipinski definition) is 2. The summed E-state index contributed by atoms with van der Waals surface area (Å²) in [6, 6.07) is 0. The van der Waals surface area contributed by atoms with Gasteiger partial charge in [-0.2, -0.15) is 0 Å². The summed E-state index contributed by atoms with van der Waals surface area (Å²) in [4.78, 5) is 24.8. The van der Waals surface area contributed by atoms with Gasteiger partial charge in [0, 0.05) is 13.1 Å². The summed E-state index contributed by atoms with van der Waals surface area (Å²) < 4.78 is 0. The lowest BCUT2D eigenvalue weighted by molar-refractivity contribution is -0.139. The molecule has 2 N–H and O–H groups in total. The second-order valence-corrected chi connectivity index (χ2v) is 3.89. The van der Waals surface area contributed by atoms with E-state index in [1.165, 1.54) is 0 Å². The van der Waals surface area contributed by atoms with E-state index < -0.39 is 11.8 Å². The minimum atomic E-state index is -0.533. The molecule has 0 spiro atoms. The number of amides is 2. The van der Waals surface area contributed by atoms with Crippen molar-refractivity contribution in [1.29, 1.82) is 0 Å². The van der Waals surface area contributed by atoms with Crippen molar-refractivity contribution in [3.63, 3.8) is 0 Å². The number of nitrogens with one attached hydrogen (secondary N) is 2. The van der Waals surface area contributed by atoms with Crippen molar-refractivity contribution in [3.05, 3.63) is 0 Å². The quantitative estimate of drug-likeness (QED) is 0.478. The molecule has 0 aromatic heterocycles. The first-order valence-electron chi connectivity index (χ1n) is 6.44. The molecular formula is C12H25N3O2. The van der Waals surface area contributed by atoms with Crippen molar-refractivity contribution in [2.45, 2.75) is 33.6 Å². The topological polar surface area (TPSA) is 61.4 Å². The third kappa shape index (κ3) is 7.74. The van der Waals surface area contributed by atoms with Gasteiger partial charge < -0.3 is 15.5 Å². The zero-order valence-corrected chi connectivity index (χ0v) is 11.2. The maximum atomic E-state index is 11.3. The van der Waals surface area contributed by atoms with Gasteiger partial charge in [0.2, 0.25) is 0 Å². The van der Waals surface area contributed by atoms with Gasteiger partial charge in [0.15, 0.2) is 0 Å². The van der Waals surface area contributed by atoms with Crippen LogP contribution in [0.15, 0.2) is 0 Å². The highest BCUT2D eigenvalue weighted by Crippen LogP contribution is 1.89. The van der Waals surface area contributed by atoms with Crippen LogP contribution in [0.2, 0.25) is 0 Å². The minimum Gasteiger partial charge on any atom is -0.348 e. The number of carbonyl (C=O) groups excluding carboxylic acids is 2. The van der Waals surface area contributed by atoms with Gasteiger partial charge in [0.1, 0.15) is 0 Å². The average molecular weight is 243 g/mol. The van der Waals surface area contributed by atoms with E-state index >= 15 is 0 Å². The molecule has 0 aromatic carbocycles. The summed E-state index contributed by atoms with van der Waals surface area (Å²) in [5.41, 5.74) is 0. The van der Waals surface area contributed by atoms with Gasteiger partial charge in [-0.05, 0) is 32.5 Å². The van der Waals surface area contributed by atoms with Gasteiger partial charge in [-0.1, -0.05) is 20.8 Å². The second kappa shape index (κ2) is 10.1. The number of nitrogens with zero attached hydrogens (tertiary/aromatic N) is 1. The minimum absolute atomic E-state index is 0.530. The van der Waals surface area contributed by atoms with E-state index in [4.69, 9.17) is 0 Å². The van der Waals surface area contributed by atoms with Crippen LogP contribution < -0.4 is 10.6 Å². The van der Waals surface area contributed by atoms with Crippen molar-refractivity contribution in [2.75, 3.05) is 32.7 Å². The summed E-state index contributed by atoms with van der Waals surface area (Å²) in [7, 11) is 0. The van der Waals surface area contributed by atoms with Crippen molar-refractivity contribution in [2.24, 2.45) is 0 Å². The Balaban J connectivity index is 3.60. The lowest BCUT2D eigenvalue weighted by Crippen LogP contribution is -2.41. The molecular weight excluding hydrogens is 218 g/mol. The molecule has 0 aliphatic carbocycles. The molecule has 5 nitrogen and oxygen atoms in total. The molecule has 0 atom stereocenters. The van der Waals surface area contributed by atoms with E-state index in [-0.39, 0.29) is 0 Å². The van der Waals surface area contributed by atoms with Gasteiger partial charge in [-0.15, -0.1) is 0 Å². The Kier molecular flexibility index (Phi) is 9.43. The van der Waals surface area contributed by atoms with Crippen LogP contribution in [-0.2, 0) is 9.59 Å². The summed E-state index contributed by atoms with van der Waals surface area (Å²) in [5, 5.41) is 5.16. The van der Waals surface area contributed by atoms with Gasteiger partial charge in [0.25, 0.3) is 0 Å². The van der Waals surface area contributed by atoms with Crippen LogP contribution in [0.3, 0.4) is 0 Å². The molecule has 0 saturated carbocycles. The molecule has 0 bridgehead atoms. The molecule has 0 aromatic rings. The van der Waals surface area contributed by atoms with Crippen molar-refractivity contribution in [3.8, 4) is 0 Å². The van der Waals surface area contributed by atoms with Crippen LogP contribution in [0, 0.1) is 0 Å². The predicted octanol–water partition coefficient (Wildman–Crippen LogP) is 0.361. The van der Waals surface area contributed by atoms with Gasteiger partial charge in [-0.25, -0.2) is 0 Å². The molecule has 0 heterocycles. The average Bonchev–Trinajstić information content (AvgIpc) is 2.35. The molecule has 0 aliphatic rings. The molecule has 0 fully saturated rings. The molecule has 0 rings (SSSR count). The van der Waals surface area contributed by atoms with Gasteiger partial charge in [-0.3, -0.25) is 9.59 Å². The van der Waals surface area contributed by atoms with E-state index in [2.05, 4.69) is 29.4 Å². The normalized spacial score (nSPS) is 10.4. The summed E-state index contributed by atoms with van der Waals surface area (Å²) >= 11 is 0. The van der Waals surface area contributed by atoms with Crippen molar-refractivity contribution >= 4 is 11.8 Å². The molecule has 100 valence electrons. The number of hydrogen-bond acceptors (Lipinski definition) is 3. The lowest BCUT2D eigenvalue weighted by atomic mass is 10.3. The molecule has 0 unspecified atom stereocenters. The van der Waals surface area contributed by atoms with E-state index in [0.29, 0.717) is 13.1 Å². The Bertz CT molecular complexity index is 228. The van der Waals surface area contributed by atoms with Crippen LogP contribution in [0.5, 0.6) is 0 Å². The third-order valence-electron chi connectivity index (χ3n) is 2.57. The Morgan fingerprint density at radius 1 is 0.941 bits per heavy atom. The first-order chi connectivity index (χ1) is 8.15. The largest absolute Gasteiger partial charge is 0.348 e. The number of carbonyl (C=O) groups is 2. The van der Waals surface area contributed by atoms with Gasteiger partial charge >= 0.3 is 11.8 Å². The van der Waals surface area contributed by atoms with E-state index in [1.54, 1.807) is 0 Å². The first-order valence-corrected chi connectivity index (χ1v) is 6.44. The molecule has 0 radical (unpaired) electrons. The van der Waals surface area contributed by atoms with Crippen molar-refractivity contribution in [1.82, 2.24) is 15.5 Å². The first kappa shape index (κ1) is 15.9. The molecule has 2 amide bonds. The molecule has 17 heavy (non-hydrogen) atoms. The SMILES string of the molecule is CCCNC(=O)C(=O)NCCCN(CC)CC. The zero-order chi connectivity index (χ0) is 13.1. The lowest BCUT2D eigenvalue weighted by Gasteiger charge is -2.17. The Morgan fingerprint density at radius 3 is 1.94 bits per heavy atom. The van der Waals surface area contributed by atoms with E-state index in [9.17, 15) is 9.59 Å². The fourth-order valence-electron chi connectivity index (χ4n) is 1.44. The van der Waals surface area contributed by atoms with Crippen molar-refractivity contribution < 1.29 is 9.59 Å². The van der Waals surface area contributed by atoms with Crippen LogP contribution in [0.1, 0.15) is 33.6 Å². The van der Waals surface area contributed by atoms with Gasteiger partial charge in [0.05, 0.1) is 0 Å². The van der Waals surface area contributed by atoms with Crippen LogP contribution in [0.4, 0.5) is 0 Å². The van der Waals surface area contributed by atoms with E-state index in [1.807, 2.05) is 6.92 Å². The molecule has 5 heteroatoms. The summed E-state index contributed by atoms with van der Waals surface area (Å²) in [5.74, 6) is -1.06. The highest BCUT2D eigenvalue weighted by molar-refractivity contribution is 6.35. The third-order valence-corrected chi connectivity index (χ3v) is 2.57. The highest BCUT2D eigenvalue weighted by atomic mass is 16.2. The fourth-order valence-corrected chi connectivity index (χ4v) is 1.44. The van der Waals surface area contributed by atoms with E-state index in [0.717, 1.165) is 32.5 Å². The Morgan fingerprint density at radius 2 is 1.47 bits per heavy atom. The molecule has 0 aliphatic heterocycles. The smallest absolute Gasteiger partial charge is 0.309 e. The maximum Gasteiger partial charge on any atom is 0.309 e. The standard InChI is InChI=1S/C12H25N3O2/c1-4-8-13-11(16)12(17)14-9-7-10-15(5-2)6-3/h4-10H2,1-3H3,(H,13,16)(H,14,17). The van der Waals surface area contributed by atoms with Crippen LogP contribution >= 0.6 is 0 Å². The second-order valence-electron chi connectivity index (χ2n) is 3.89. The van der Waals surface area contributed by atoms with Crippen LogP contribution in [0.25, 0.3) is 0 Å².